The number of pyridine rings is 1. The zero-order valence-corrected chi connectivity index (χ0v) is 13.0. The first-order valence-corrected chi connectivity index (χ1v) is 7.60. The zero-order chi connectivity index (χ0) is 17.4. The van der Waals surface area contributed by atoms with E-state index >= 15 is 0 Å². The van der Waals surface area contributed by atoms with Gasteiger partial charge in [-0.2, -0.15) is 9.19 Å². The lowest BCUT2D eigenvalue weighted by atomic mass is 10.0. The van der Waals surface area contributed by atoms with E-state index in [1.165, 1.54) is 24.7 Å². The number of unbranched alkanes of at least 4 members (excludes halogenated alkanes) is 1. The van der Waals surface area contributed by atoms with Crippen LogP contribution in [0.1, 0.15) is 31.1 Å². The van der Waals surface area contributed by atoms with Crippen LogP contribution in [-0.4, -0.2) is 48.7 Å². The second-order valence-electron chi connectivity index (χ2n) is 5.22. The number of ketones is 1. The Labute approximate surface area is 138 Å². The van der Waals surface area contributed by atoms with E-state index in [4.69, 9.17) is 5.73 Å². The number of hydrogen-bond donors (Lipinski definition) is 3. The number of tetrazole rings is 1. The molecule has 2 aromatic rings. The van der Waals surface area contributed by atoms with E-state index in [-0.39, 0.29) is 17.9 Å². The monoisotopic (exact) mass is 337 g/mol. The predicted molar refractivity (Wildman–Crippen MR) is 81.8 cm³/mol. The number of nitrogens with two attached hydrogens (primary N) is 1. The summed E-state index contributed by atoms with van der Waals surface area (Å²) in [6, 6.07) is 2.21. The third kappa shape index (κ3) is 5.11. The van der Waals surface area contributed by atoms with Crippen molar-refractivity contribution in [1.82, 2.24) is 30.5 Å². The van der Waals surface area contributed by atoms with Crippen LogP contribution in [0.4, 0.5) is 4.39 Å². The molecule has 2 heterocycles. The molecule has 0 aromatic carbocycles. The Morgan fingerprint density at radius 1 is 1.46 bits per heavy atom. The minimum absolute atomic E-state index is 0.0204. The predicted octanol–water partition coefficient (Wildman–Crippen LogP) is -0.445. The number of aliphatic hydroxyl groups excluding tert-OH is 1. The number of hydrogen-bond acceptors (Lipinski definition) is 8. The van der Waals surface area contributed by atoms with Gasteiger partial charge in [-0.3, -0.25) is 10.1 Å². The Hall–Kier alpha value is -2.30. The van der Waals surface area contributed by atoms with Gasteiger partial charge in [-0.1, -0.05) is 6.42 Å². The van der Waals surface area contributed by atoms with Crippen LogP contribution in [0, 0.1) is 5.95 Å². The summed E-state index contributed by atoms with van der Waals surface area (Å²) < 4.78 is 13.7. The normalized spacial score (nSPS) is 13.6. The number of nitrogens with zero attached hydrogens (tertiary/aromatic N) is 5. The molecule has 0 radical (unpaired) electrons. The van der Waals surface area contributed by atoms with Crippen molar-refractivity contribution in [3.05, 3.63) is 36.2 Å². The summed E-state index contributed by atoms with van der Waals surface area (Å²) in [4.78, 5) is 17.1. The number of halogens is 1. The molecule has 24 heavy (non-hydrogen) atoms. The lowest BCUT2D eigenvalue weighted by molar-refractivity contribution is -0.123. The Kier molecular flexibility index (Phi) is 6.85. The molecule has 1 unspecified atom stereocenters. The molecule has 9 nitrogen and oxygen atoms in total. The highest BCUT2D eigenvalue weighted by molar-refractivity contribution is 5.83. The minimum Gasteiger partial charge on any atom is -0.374 e. The molecule has 0 fully saturated rings. The van der Waals surface area contributed by atoms with E-state index < -0.39 is 18.2 Å². The molecule has 2 aromatic heterocycles. The van der Waals surface area contributed by atoms with Crippen molar-refractivity contribution in [3.63, 3.8) is 0 Å². The van der Waals surface area contributed by atoms with Crippen molar-refractivity contribution < 1.29 is 14.3 Å². The van der Waals surface area contributed by atoms with Gasteiger partial charge < -0.3 is 10.8 Å². The molecule has 0 bridgehead atoms. The van der Waals surface area contributed by atoms with Gasteiger partial charge in [0.1, 0.15) is 12.8 Å². The summed E-state index contributed by atoms with van der Waals surface area (Å²) in [6.07, 6.45) is 3.03. The van der Waals surface area contributed by atoms with Gasteiger partial charge in [0.15, 0.2) is 12.1 Å². The van der Waals surface area contributed by atoms with E-state index in [0.29, 0.717) is 19.4 Å². The van der Waals surface area contributed by atoms with Gasteiger partial charge in [-0.15, -0.1) is 10.2 Å². The van der Waals surface area contributed by atoms with E-state index in [0.717, 1.165) is 11.2 Å². The number of aromatic nitrogens is 5. The molecular formula is C14H20FN7O2. The number of rotatable bonds is 10. The van der Waals surface area contributed by atoms with E-state index in [2.05, 4.69) is 25.7 Å². The van der Waals surface area contributed by atoms with Gasteiger partial charge >= 0.3 is 0 Å². The summed E-state index contributed by atoms with van der Waals surface area (Å²) in [5.41, 5.74) is 5.45. The lowest BCUT2D eigenvalue weighted by Crippen LogP contribution is -2.41. The SMILES string of the molecule is NCCCC[C@H](NC(O)c1cccnc1F)C(=O)Cn1ncnn1. The molecule has 0 spiro atoms. The van der Waals surface area contributed by atoms with E-state index in [1.54, 1.807) is 0 Å². The highest BCUT2D eigenvalue weighted by Crippen LogP contribution is 2.15. The van der Waals surface area contributed by atoms with Crippen LogP contribution >= 0.6 is 0 Å². The first kappa shape index (κ1) is 18.0. The summed E-state index contributed by atoms with van der Waals surface area (Å²) in [6.45, 7) is 0.411. The quantitative estimate of drug-likeness (QED) is 0.302. The molecule has 0 amide bonds. The van der Waals surface area contributed by atoms with Gasteiger partial charge in [-0.05, 0) is 36.7 Å². The Morgan fingerprint density at radius 3 is 2.96 bits per heavy atom. The van der Waals surface area contributed by atoms with Gasteiger partial charge in [0, 0.05) is 6.20 Å². The van der Waals surface area contributed by atoms with Crippen molar-refractivity contribution >= 4 is 5.78 Å². The maximum atomic E-state index is 13.7. The van der Waals surface area contributed by atoms with Crippen molar-refractivity contribution in [2.24, 2.45) is 5.73 Å². The number of aliphatic hydroxyl groups is 1. The van der Waals surface area contributed by atoms with E-state index in [1.807, 2.05) is 0 Å². The van der Waals surface area contributed by atoms with Crippen LogP contribution in [0.2, 0.25) is 0 Å². The molecule has 0 saturated carbocycles. The second-order valence-corrected chi connectivity index (χ2v) is 5.22. The second kappa shape index (κ2) is 9.11. The molecule has 4 N–H and O–H groups in total. The third-order valence-electron chi connectivity index (χ3n) is 3.47. The van der Waals surface area contributed by atoms with Crippen LogP contribution in [0.3, 0.4) is 0 Å². The molecular weight excluding hydrogens is 317 g/mol. The van der Waals surface area contributed by atoms with Crippen molar-refractivity contribution in [3.8, 4) is 0 Å². The molecule has 0 aliphatic heterocycles. The number of Topliss-reactive ketones (excluding diaryl/α,β-unsaturated/α-hetero) is 1. The molecule has 2 rings (SSSR count). The summed E-state index contributed by atoms with van der Waals surface area (Å²) in [5, 5.41) is 23.9. The van der Waals surface area contributed by atoms with E-state index in [9.17, 15) is 14.3 Å². The first-order chi connectivity index (χ1) is 11.6. The fraction of sp³-hybridized carbons (Fsp3) is 0.500. The fourth-order valence-corrected chi connectivity index (χ4v) is 2.22. The number of carbonyl (C=O) groups excluding carboxylic acids is 1. The van der Waals surface area contributed by atoms with Gasteiger partial charge in [0.05, 0.1) is 11.6 Å². The minimum atomic E-state index is -1.35. The molecule has 0 aliphatic rings. The number of carbonyl (C=O) groups is 1. The van der Waals surface area contributed by atoms with Gasteiger partial charge in [0.25, 0.3) is 0 Å². The largest absolute Gasteiger partial charge is 0.374 e. The Balaban J connectivity index is 2.04. The van der Waals surface area contributed by atoms with Crippen LogP contribution in [0.15, 0.2) is 24.7 Å². The molecule has 2 atom stereocenters. The highest BCUT2D eigenvalue weighted by atomic mass is 19.1. The smallest absolute Gasteiger partial charge is 0.220 e. The maximum absolute atomic E-state index is 13.7. The highest BCUT2D eigenvalue weighted by Gasteiger charge is 2.24. The summed E-state index contributed by atoms with van der Waals surface area (Å²) >= 11 is 0. The van der Waals surface area contributed by atoms with Crippen molar-refractivity contribution in [1.29, 1.82) is 0 Å². The topological polar surface area (TPSA) is 132 Å². The average Bonchev–Trinajstić information content (AvgIpc) is 3.07. The standard InChI is InChI=1S/C14H20FN7O2/c15-13-10(4-3-7-17-13)14(24)20-11(5-1-2-6-16)12(23)8-22-19-9-18-21-22/h3-4,7,9,11,14,20,24H,1-2,5-6,8,16H2/t11-,14?/m0/s1. The van der Waals surface area contributed by atoms with Crippen LogP contribution < -0.4 is 11.1 Å². The molecule has 10 heteroatoms. The zero-order valence-electron chi connectivity index (χ0n) is 13.0. The molecule has 130 valence electrons. The van der Waals surface area contributed by atoms with Gasteiger partial charge in [0.2, 0.25) is 5.95 Å². The summed E-state index contributed by atoms with van der Waals surface area (Å²) in [5.74, 6) is -1.03. The van der Waals surface area contributed by atoms with Crippen molar-refractivity contribution in [2.75, 3.05) is 6.54 Å². The van der Waals surface area contributed by atoms with Crippen LogP contribution in [-0.2, 0) is 11.3 Å². The maximum Gasteiger partial charge on any atom is 0.220 e. The van der Waals surface area contributed by atoms with Crippen LogP contribution in [0.25, 0.3) is 0 Å². The van der Waals surface area contributed by atoms with Crippen LogP contribution in [0.5, 0.6) is 0 Å². The third-order valence-corrected chi connectivity index (χ3v) is 3.47. The Bertz CT molecular complexity index is 638. The first-order valence-electron chi connectivity index (χ1n) is 7.60. The molecule has 0 saturated heterocycles. The Morgan fingerprint density at radius 2 is 2.29 bits per heavy atom. The summed E-state index contributed by atoms with van der Waals surface area (Å²) in [7, 11) is 0. The van der Waals surface area contributed by atoms with Crippen molar-refractivity contribution in [2.45, 2.75) is 38.1 Å². The van der Waals surface area contributed by atoms with Gasteiger partial charge in [-0.25, -0.2) is 4.98 Å². The number of nitrogens with one attached hydrogen (secondary N) is 1. The molecule has 0 aliphatic carbocycles. The lowest BCUT2D eigenvalue weighted by Gasteiger charge is -2.21. The average molecular weight is 337 g/mol. The fourth-order valence-electron chi connectivity index (χ4n) is 2.22.